The highest BCUT2D eigenvalue weighted by atomic mass is 79.9. The Balaban J connectivity index is 1.38. The van der Waals surface area contributed by atoms with Crippen molar-refractivity contribution in [3.8, 4) is 0 Å². The number of carbonyl (C=O) groups excluding carboxylic acids is 2. The summed E-state index contributed by atoms with van der Waals surface area (Å²) in [5.74, 6) is -0.460. The second-order valence-electron chi connectivity index (χ2n) is 10.3. The third-order valence-corrected chi connectivity index (χ3v) is 10.4. The normalized spacial score (nSPS) is 19.4. The van der Waals surface area contributed by atoms with Gasteiger partial charge in [-0.05, 0) is 48.9 Å². The van der Waals surface area contributed by atoms with Crippen LogP contribution in [0.15, 0.2) is 81.2 Å². The summed E-state index contributed by atoms with van der Waals surface area (Å²) in [7, 11) is -4.12. The molecule has 1 saturated heterocycles. The van der Waals surface area contributed by atoms with Crippen LogP contribution in [0.25, 0.3) is 0 Å². The fourth-order valence-electron chi connectivity index (χ4n) is 5.45. The number of imidazole rings is 1. The van der Waals surface area contributed by atoms with Gasteiger partial charge in [-0.25, -0.2) is 18.3 Å². The third kappa shape index (κ3) is 4.94. The Labute approximate surface area is 260 Å². The Morgan fingerprint density at radius 1 is 1.05 bits per heavy atom. The van der Waals surface area contributed by atoms with Crippen molar-refractivity contribution >= 4 is 72.6 Å². The number of rotatable bonds is 6. The van der Waals surface area contributed by atoms with Crippen LogP contribution in [0.2, 0.25) is 10.0 Å². The number of benzene rings is 2. The number of hydrogen-bond donors (Lipinski definition) is 0. The fraction of sp³-hybridized carbons (Fsp3) is 0.250. The predicted molar refractivity (Wildman–Crippen MR) is 161 cm³/mol. The molecule has 14 heteroatoms. The number of anilines is 2. The van der Waals surface area contributed by atoms with Gasteiger partial charge in [-0.3, -0.25) is 14.2 Å². The maximum Gasteiger partial charge on any atom is 0.260 e. The monoisotopic (exact) mass is 691 g/mol. The van der Waals surface area contributed by atoms with Crippen LogP contribution >= 0.6 is 39.1 Å². The molecule has 2 aromatic heterocycles. The van der Waals surface area contributed by atoms with E-state index in [0.29, 0.717) is 21.3 Å². The van der Waals surface area contributed by atoms with E-state index in [1.54, 1.807) is 36.1 Å². The lowest BCUT2D eigenvalue weighted by atomic mass is 9.92. The van der Waals surface area contributed by atoms with Crippen molar-refractivity contribution in [2.75, 3.05) is 31.1 Å². The van der Waals surface area contributed by atoms with Crippen LogP contribution in [0.3, 0.4) is 0 Å². The van der Waals surface area contributed by atoms with Crippen LogP contribution < -0.4 is 4.90 Å². The molecule has 0 bridgehead atoms. The predicted octanol–water partition coefficient (Wildman–Crippen LogP) is 5.33. The minimum absolute atomic E-state index is 0.0808. The first-order valence-electron chi connectivity index (χ1n) is 12.9. The number of halogens is 3. The smallest absolute Gasteiger partial charge is 0.260 e. The topological polar surface area (TPSA) is 109 Å². The van der Waals surface area contributed by atoms with Gasteiger partial charge in [0.2, 0.25) is 5.95 Å². The number of nitrogens with zero attached hydrogens (tertiary/aromatic N) is 5. The number of sulfonamides is 1. The summed E-state index contributed by atoms with van der Waals surface area (Å²) in [6.45, 7) is 2.27. The van der Waals surface area contributed by atoms with Crippen molar-refractivity contribution in [1.29, 1.82) is 0 Å². The Morgan fingerprint density at radius 2 is 1.71 bits per heavy atom. The molecule has 1 atom stereocenters. The van der Waals surface area contributed by atoms with Gasteiger partial charge in [0, 0.05) is 47.1 Å². The van der Waals surface area contributed by atoms with Crippen LogP contribution in [0.5, 0.6) is 0 Å². The molecule has 42 heavy (non-hydrogen) atoms. The lowest BCUT2D eigenvalue weighted by Crippen LogP contribution is -2.51. The van der Waals surface area contributed by atoms with Gasteiger partial charge in [-0.2, -0.15) is 4.31 Å². The van der Waals surface area contributed by atoms with Crippen LogP contribution in [0.1, 0.15) is 22.8 Å². The molecule has 0 spiro atoms. The molecule has 4 heterocycles. The summed E-state index contributed by atoms with van der Waals surface area (Å²) in [5.41, 5.74) is 0.257. The van der Waals surface area contributed by atoms with Gasteiger partial charge in [0.25, 0.3) is 21.8 Å². The Bertz CT molecular complexity index is 1770. The van der Waals surface area contributed by atoms with Gasteiger partial charge in [-0.1, -0.05) is 51.3 Å². The van der Waals surface area contributed by atoms with Crippen molar-refractivity contribution in [2.24, 2.45) is 0 Å². The number of hydrogen-bond acceptors (Lipinski definition) is 6. The SMILES string of the molecule is CC1(Cc2ccc(Br)cc2)C(=O)N(c2cc(Cl)cc(Cl)c2)c2ncc(S(=O)(=O)N3CCN(C(=O)c4ccoc4)CC3)n21. The maximum absolute atomic E-state index is 14.2. The molecule has 6 rings (SSSR count). The number of piperazine rings is 1. The Morgan fingerprint density at radius 3 is 2.33 bits per heavy atom. The first-order valence-corrected chi connectivity index (χ1v) is 15.9. The lowest BCUT2D eigenvalue weighted by Gasteiger charge is -2.34. The molecule has 4 aromatic rings. The molecule has 0 N–H and O–H groups in total. The first kappa shape index (κ1) is 28.9. The van der Waals surface area contributed by atoms with Gasteiger partial charge >= 0.3 is 0 Å². The standard InChI is InChI=1S/C28H24BrCl2N5O5S/c1-28(15-18-2-4-20(29)5-3-18)26(38)35(23-13-21(30)12-22(31)14-23)27-32-16-24(36(27)28)42(39,40)34-9-7-33(8-10-34)25(37)19-6-11-41-17-19/h2-6,11-14,16-17H,7-10,15H2,1H3. The Hall–Kier alpha value is -3.16. The second kappa shape index (κ2) is 10.8. The number of fused-ring (bicyclic) bond motifs is 1. The van der Waals surface area contributed by atoms with E-state index in [1.165, 1.54) is 32.5 Å². The molecule has 1 unspecified atom stereocenters. The molecular weight excluding hydrogens is 669 g/mol. The molecule has 1 fully saturated rings. The zero-order valence-corrected chi connectivity index (χ0v) is 26.1. The van der Waals surface area contributed by atoms with E-state index in [0.717, 1.165) is 10.0 Å². The van der Waals surface area contributed by atoms with E-state index >= 15 is 0 Å². The number of aromatic nitrogens is 2. The van der Waals surface area contributed by atoms with Crippen LogP contribution in [-0.2, 0) is 26.8 Å². The average molecular weight is 693 g/mol. The summed E-state index contributed by atoms with van der Waals surface area (Å²) < 4.78 is 36.9. The molecular formula is C28H24BrCl2N5O5S. The van der Waals surface area contributed by atoms with E-state index in [4.69, 9.17) is 27.6 Å². The summed E-state index contributed by atoms with van der Waals surface area (Å²) >= 11 is 16.0. The highest BCUT2D eigenvalue weighted by Crippen LogP contribution is 2.45. The summed E-state index contributed by atoms with van der Waals surface area (Å²) in [5, 5.41) is 0.525. The largest absolute Gasteiger partial charge is 0.472 e. The second-order valence-corrected chi connectivity index (χ2v) is 14.0. The molecule has 10 nitrogen and oxygen atoms in total. The average Bonchev–Trinajstić information content (AvgIpc) is 3.69. The third-order valence-electron chi connectivity index (χ3n) is 7.53. The zero-order chi connectivity index (χ0) is 29.8. The fourth-order valence-corrected chi connectivity index (χ4v) is 7.83. The van der Waals surface area contributed by atoms with Crippen molar-refractivity contribution in [3.63, 3.8) is 0 Å². The molecule has 2 aliphatic rings. The van der Waals surface area contributed by atoms with Crippen molar-refractivity contribution in [2.45, 2.75) is 23.9 Å². The van der Waals surface area contributed by atoms with E-state index in [9.17, 15) is 18.0 Å². The minimum atomic E-state index is -4.12. The molecule has 2 amide bonds. The first-order chi connectivity index (χ1) is 20.0. The van der Waals surface area contributed by atoms with Crippen LogP contribution in [0.4, 0.5) is 11.6 Å². The molecule has 2 aliphatic heterocycles. The highest BCUT2D eigenvalue weighted by Gasteiger charge is 2.52. The van der Waals surface area contributed by atoms with Crippen LogP contribution in [0, 0.1) is 0 Å². The Kier molecular flexibility index (Phi) is 7.47. The van der Waals surface area contributed by atoms with E-state index in [-0.39, 0.29) is 55.4 Å². The summed E-state index contributed by atoms with van der Waals surface area (Å²) in [6.07, 6.45) is 4.26. The van der Waals surface area contributed by atoms with Crippen LogP contribution in [-0.4, -0.2) is 65.2 Å². The van der Waals surface area contributed by atoms with Crippen molar-refractivity contribution < 1.29 is 22.4 Å². The highest BCUT2D eigenvalue weighted by molar-refractivity contribution is 9.10. The van der Waals surface area contributed by atoms with Crippen molar-refractivity contribution in [1.82, 2.24) is 18.8 Å². The van der Waals surface area contributed by atoms with Gasteiger partial charge in [-0.15, -0.1) is 0 Å². The van der Waals surface area contributed by atoms with Gasteiger partial charge in [0.15, 0.2) is 5.03 Å². The lowest BCUT2D eigenvalue weighted by molar-refractivity contribution is -0.124. The summed E-state index contributed by atoms with van der Waals surface area (Å²) in [6, 6.07) is 13.8. The van der Waals surface area contributed by atoms with E-state index in [1.807, 2.05) is 24.3 Å². The van der Waals surface area contributed by atoms with Gasteiger partial charge in [0.05, 0.1) is 23.7 Å². The molecule has 0 radical (unpaired) electrons. The molecule has 0 aliphatic carbocycles. The van der Waals surface area contributed by atoms with Gasteiger partial charge in [0.1, 0.15) is 11.8 Å². The van der Waals surface area contributed by atoms with Gasteiger partial charge < -0.3 is 9.32 Å². The summed E-state index contributed by atoms with van der Waals surface area (Å²) in [4.78, 5) is 34.4. The number of amides is 2. The molecule has 0 saturated carbocycles. The molecule has 2 aromatic carbocycles. The molecule has 218 valence electrons. The zero-order valence-electron chi connectivity index (χ0n) is 22.2. The van der Waals surface area contributed by atoms with Crippen molar-refractivity contribution in [3.05, 3.63) is 92.9 Å². The number of carbonyl (C=O) groups is 2. The van der Waals surface area contributed by atoms with E-state index < -0.39 is 15.6 Å². The number of furan rings is 1. The minimum Gasteiger partial charge on any atom is -0.472 e. The maximum atomic E-state index is 14.2. The van der Waals surface area contributed by atoms with E-state index in [2.05, 4.69) is 20.9 Å². The quantitative estimate of drug-likeness (QED) is 0.270.